The zero-order valence-corrected chi connectivity index (χ0v) is 11.3. The number of nitrogens with zero attached hydrogens (tertiary/aromatic N) is 1. The first-order valence-corrected chi connectivity index (χ1v) is 6.41. The van der Waals surface area contributed by atoms with Gasteiger partial charge in [-0.1, -0.05) is 19.1 Å². The molecule has 0 radical (unpaired) electrons. The smallest absolute Gasteiger partial charge is 0.0361 e. The second kappa shape index (κ2) is 8.09. The molecule has 0 aliphatic heterocycles. The van der Waals surface area contributed by atoms with Gasteiger partial charge in [-0.3, -0.25) is 0 Å². The molecule has 0 aliphatic carbocycles. The molecule has 3 nitrogen and oxygen atoms in total. The highest BCUT2D eigenvalue weighted by atomic mass is 15.1. The molecule has 1 aromatic carbocycles. The Bertz CT molecular complexity index is 293. The van der Waals surface area contributed by atoms with Gasteiger partial charge in [0.1, 0.15) is 0 Å². The largest absolute Gasteiger partial charge is 0.378 e. The fraction of sp³-hybridized carbons (Fsp3) is 0.571. The molecule has 0 unspecified atom stereocenters. The third kappa shape index (κ3) is 5.71. The molecule has 1 aromatic rings. The third-order valence-corrected chi connectivity index (χ3v) is 2.74. The van der Waals surface area contributed by atoms with Crippen molar-refractivity contribution in [1.29, 1.82) is 0 Å². The summed E-state index contributed by atoms with van der Waals surface area (Å²) in [5.74, 6) is 0. The predicted octanol–water partition coefficient (Wildman–Crippen LogP) is 1.84. The monoisotopic (exact) mass is 235 g/mol. The Balaban J connectivity index is 2.19. The summed E-state index contributed by atoms with van der Waals surface area (Å²) in [6, 6.07) is 8.70. The topological polar surface area (TPSA) is 27.3 Å². The van der Waals surface area contributed by atoms with Crippen LogP contribution in [0.5, 0.6) is 0 Å². The summed E-state index contributed by atoms with van der Waals surface area (Å²) in [5, 5.41) is 6.78. The van der Waals surface area contributed by atoms with E-state index in [4.69, 9.17) is 0 Å². The van der Waals surface area contributed by atoms with E-state index in [1.807, 2.05) is 0 Å². The first-order chi connectivity index (χ1) is 8.24. The highest BCUT2D eigenvalue weighted by molar-refractivity contribution is 5.45. The summed E-state index contributed by atoms with van der Waals surface area (Å²) in [6.45, 7) is 6.33. The molecule has 0 aliphatic rings. The summed E-state index contributed by atoms with van der Waals surface area (Å²) in [5.41, 5.74) is 2.60. The van der Waals surface area contributed by atoms with E-state index in [2.05, 4.69) is 60.8 Å². The zero-order chi connectivity index (χ0) is 12.5. The van der Waals surface area contributed by atoms with Gasteiger partial charge in [-0.15, -0.1) is 0 Å². The van der Waals surface area contributed by atoms with Gasteiger partial charge in [-0.2, -0.15) is 0 Å². The number of hydrogen-bond donors (Lipinski definition) is 2. The SMILES string of the molecule is CCNCCCNCc1ccc(N(C)C)cc1. The van der Waals surface area contributed by atoms with Gasteiger partial charge in [0.15, 0.2) is 0 Å². The lowest BCUT2D eigenvalue weighted by Crippen LogP contribution is -2.21. The normalized spacial score (nSPS) is 10.5. The Morgan fingerprint density at radius 1 is 1.00 bits per heavy atom. The van der Waals surface area contributed by atoms with E-state index < -0.39 is 0 Å². The lowest BCUT2D eigenvalue weighted by atomic mass is 10.2. The number of benzene rings is 1. The van der Waals surface area contributed by atoms with Crippen LogP contribution in [-0.2, 0) is 6.54 Å². The molecule has 0 amide bonds. The van der Waals surface area contributed by atoms with Crippen molar-refractivity contribution < 1.29 is 0 Å². The van der Waals surface area contributed by atoms with Crippen LogP contribution < -0.4 is 15.5 Å². The third-order valence-electron chi connectivity index (χ3n) is 2.74. The van der Waals surface area contributed by atoms with Gasteiger partial charge in [0, 0.05) is 26.3 Å². The van der Waals surface area contributed by atoms with Crippen LogP contribution in [0.1, 0.15) is 18.9 Å². The van der Waals surface area contributed by atoms with E-state index in [9.17, 15) is 0 Å². The summed E-state index contributed by atoms with van der Waals surface area (Å²) in [7, 11) is 4.13. The first kappa shape index (κ1) is 14.0. The number of hydrogen-bond acceptors (Lipinski definition) is 3. The van der Waals surface area contributed by atoms with E-state index in [1.165, 1.54) is 17.7 Å². The summed E-state index contributed by atoms with van der Waals surface area (Å²) in [4.78, 5) is 2.12. The fourth-order valence-corrected chi connectivity index (χ4v) is 1.66. The maximum absolute atomic E-state index is 3.46. The minimum Gasteiger partial charge on any atom is -0.378 e. The van der Waals surface area contributed by atoms with E-state index in [-0.39, 0.29) is 0 Å². The lowest BCUT2D eigenvalue weighted by Gasteiger charge is -2.12. The molecule has 0 saturated heterocycles. The molecule has 0 heterocycles. The Labute approximate surface area is 105 Å². The van der Waals surface area contributed by atoms with E-state index in [1.54, 1.807) is 0 Å². The highest BCUT2D eigenvalue weighted by Crippen LogP contribution is 2.11. The van der Waals surface area contributed by atoms with Crippen molar-refractivity contribution in [3.63, 3.8) is 0 Å². The van der Waals surface area contributed by atoms with Gasteiger partial charge in [0.05, 0.1) is 0 Å². The second-order valence-corrected chi connectivity index (χ2v) is 4.44. The summed E-state index contributed by atoms with van der Waals surface area (Å²) >= 11 is 0. The molecule has 1 rings (SSSR count). The van der Waals surface area contributed by atoms with Gasteiger partial charge in [0.25, 0.3) is 0 Å². The molecule has 17 heavy (non-hydrogen) atoms. The van der Waals surface area contributed by atoms with Crippen molar-refractivity contribution >= 4 is 5.69 Å². The Morgan fingerprint density at radius 2 is 1.65 bits per heavy atom. The van der Waals surface area contributed by atoms with Crippen molar-refractivity contribution in [2.75, 3.05) is 38.6 Å². The molecule has 96 valence electrons. The van der Waals surface area contributed by atoms with Gasteiger partial charge in [0.2, 0.25) is 0 Å². The number of rotatable bonds is 8. The maximum Gasteiger partial charge on any atom is 0.0361 e. The molecule has 0 aromatic heterocycles. The Morgan fingerprint density at radius 3 is 2.24 bits per heavy atom. The van der Waals surface area contributed by atoms with E-state index in [0.29, 0.717) is 0 Å². The lowest BCUT2D eigenvalue weighted by molar-refractivity contribution is 0.606. The highest BCUT2D eigenvalue weighted by Gasteiger charge is 1.95. The Kier molecular flexibility index (Phi) is 6.67. The van der Waals surface area contributed by atoms with Crippen LogP contribution in [0.4, 0.5) is 5.69 Å². The number of anilines is 1. The van der Waals surface area contributed by atoms with Crippen LogP contribution in [0, 0.1) is 0 Å². The zero-order valence-electron chi connectivity index (χ0n) is 11.3. The molecule has 0 fully saturated rings. The fourth-order valence-electron chi connectivity index (χ4n) is 1.66. The minimum atomic E-state index is 0.958. The predicted molar refractivity (Wildman–Crippen MR) is 75.6 cm³/mol. The van der Waals surface area contributed by atoms with E-state index >= 15 is 0 Å². The molecule has 0 saturated carbocycles. The van der Waals surface area contributed by atoms with Crippen molar-refractivity contribution in [3.05, 3.63) is 29.8 Å². The van der Waals surface area contributed by atoms with Crippen molar-refractivity contribution in [2.45, 2.75) is 19.9 Å². The summed E-state index contributed by atoms with van der Waals surface area (Å²) < 4.78 is 0. The van der Waals surface area contributed by atoms with Crippen LogP contribution in [0.2, 0.25) is 0 Å². The molecule has 0 bridgehead atoms. The average Bonchev–Trinajstić information content (AvgIpc) is 2.34. The molecular weight excluding hydrogens is 210 g/mol. The van der Waals surface area contributed by atoms with Crippen LogP contribution in [0.3, 0.4) is 0 Å². The van der Waals surface area contributed by atoms with Crippen molar-refractivity contribution in [2.24, 2.45) is 0 Å². The molecular formula is C14H25N3. The van der Waals surface area contributed by atoms with Crippen LogP contribution in [-0.4, -0.2) is 33.7 Å². The second-order valence-electron chi connectivity index (χ2n) is 4.44. The maximum atomic E-state index is 3.46. The van der Waals surface area contributed by atoms with Crippen LogP contribution in [0.25, 0.3) is 0 Å². The molecule has 3 heteroatoms. The quantitative estimate of drug-likeness (QED) is 0.673. The van der Waals surface area contributed by atoms with Gasteiger partial charge < -0.3 is 15.5 Å². The first-order valence-electron chi connectivity index (χ1n) is 6.41. The van der Waals surface area contributed by atoms with E-state index in [0.717, 1.165) is 26.2 Å². The summed E-state index contributed by atoms with van der Waals surface area (Å²) in [6.07, 6.45) is 1.18. The molecule has 0 atom stereocenters. The minimum absolute atomic E-state index is 0.958. The molecule has 0 spiro atoms. The van der Waals surface area contributed by atoms with Crippen molar-refractivity contribution in [3.8, 4) is 0 Å². The van der Waals surface area contributed by atoms with Gasteiger partial charge >= 0.3 is 0 Å². The van der Waals surface area contributed by atoms with Crippen molar-refractivity contribution in [1.82, 2.24) is 10.6 Å². The standard InChI is InChI=1S/C14H25N3/c1-4-15-10-5-11-16-12-13-6-8-14(9-7-13)17(2)3/h6-9,15-16H,4-5,10-12H2,1-3H3. The average molecular weight is 235 g/mol. The van der Waals surface area contributed by atoms with Crippen LogP contribution >= 0.6 is 0 Å². The number of nitrogens with one attached hydrogen (secondary N) is 2. The molecule has 2 N–H and O–H groups in total. The Hall–Kier alpha value is -1.06. The van der Waals surface area contributed by atoms with Crippen LogP contribution in [0.15, 0.2) is 24.3 Å². The van der Waals surface area contributed by atoms with Gasteiger partial charge in [-0.05, 0) is 43.8 Å². The van der Waals surface area contributed by atoms with Gasteiger partial charge in [-0.25, -0.2) is 0 Å².